The van der Waals surface area contributed by atoms with Gasteiger partial charge in [-0.15, -0.1) is 0 Å². The second-order valence-corrected chi connectivity index (χ2v) is 6.04. The van der Waals surface area contributed by atoms with Crippen LogP contribution in [-0.2, 0) is 9.59 Å². The van der Waals surface area contributed by atoms with Crippen LogP contribution in [0.15, 0.2) is 48.2 Å². The van der Waals surface area contributed by atoms with Gasteiger partial charge in [0.15, 0.2) is 11.5 Å². The van der Waals surface area contributed by atoms with Gasteiger partial charge in [-0.05, 0) is 55.3 Å². The Balaban J connectivity index is 2.05. The van der Waals surface area contributed by atoms with Crippen LogP contribution in [0.25, 0.3) is 6.08 Å². The van der Waals surface area contributed by atoms with E-state index in [0.717, 1.165) is 11.1 Å². The molecular weight excluding hydrogens is 334 g/mol. The quantitative estimate of drug-likeness (QED) is 0.854. The first-order chi connectivity index (χ1) is 12.4. The summed E-state index contributed by atoms with van der Waals surface area (Å²) < 4.78 is 10.9. The van der Waals surface area contributed by atoms with Gasteiger partial charge in [-0.3, -0.25) is 9.69 Å². The van der Waals surface area contributed by atoms with Crippen molar-refractivity contribution >= 4 is 23.6 Å². The van der Waals surface area contributed by atoms with E-state index < -0.39 is 17.9 Å². The molecule has 26 heavy (non-hydrogen) atoms. The lowest BCUT2D eigenvalue weighted by Crippen LogP contribution is -2.47. The molecule has 2 aromatic rings. The van der Waals surface area contributed by atoms with Crippen molar-refractivity contribution in [2.24, 2.45) is 0 Å². The predicted molar refractivity (Wildman–Crippen MR) is 97.4 cm³/mol. The van der Waals surface area contributed by atoms with Crippen molar-refractivity contribution in [2.75, 3.05) is 12.0 Å². The average molecular weight is 353 g/mol. The van der Waals surface area contributed by atoms with Gasteiger partial charge in [0.05, 0.1) is 12.8 Å². The highest BCUT2D eigenvalue weighted by Crippen LogP contribution is 2.37. The zero-order valence-corrected chi connectivity index (χ0v) is 14.7. The number of carbonyl (C=O) groups excluding carboxylic acids is 1. The van der Waals surface area contributed by atoms with Gasteiger partial charge in [0.2, 0.25) is 0 Å². The van der Waals surface area contributed by atoms with Crippen LogP contribution < -0.4 is 14.4 Å². The molecular formula is C20H19NO5. The summed E-state index contributed by atoms with van der Waals surface area (Å²) in [5.41, 5.74) is 2.11. The molecule has 1 aliphatic rings. The average Bonchev–Trinajstić information content (AvgIpc) is 2.63. The Kier molecular flexibility index (Phi) is 4.67. The second kappa shape index (κ2) is 6.92. The number of methoxy groups -OCH3 is 1. The number of nitrogens with zero attached hydrogens (tertiary/aromatic N) is 1. The second-order valence-electron chi connectivity index (χ2n) is 6.04. The molecule has 0 fully saturated rings. The summed E-state index contributed by atoms with van der Waals surface area (Å²) >= 11 is 0. The number of aliphatic carboxylic acids is 1. The van der Waals surface area contributed by atoms with Crippen LogP contribution in [0, 0.1) is 6.92 Å². The van der Waals surface area contributed by atoms with Crippen molar-refractivity contribution in [2.45, 2.75) is 19.9 Å². The minimum Gasteiger partial charge on any atom is -0.497 e. The summed E-state index contributed by atoms with van der Waals surface area (Å²) in [6.45, 7) is 3.35. The van der Waals surface area contributed by atoms with Crippen molar-refractivity contribution in [1.82, 2.24) is 0 Å². The van der Waals surface area contributed by atoms with Gasteiger partial charge in [-0.1, -0.05) is 18.2 Å². The minimum atomic E-state index is -1.09. The number of hydrogen-bond donors (Lipinski definition) is 1. The monoisotopic (exact) mass is 353 g/mol. The Labute approximate surface area is 151 Å². The van der Waals surface area contributed by atoms with E-state index in [4.69, 9.17) is 9.47 Å². The lowest BCUT2D eigenvalue weighted by atomic mass is 10.1. The fourth-order valence-electron chi connectivity index (χ4n) is 2.73. The number of carboxylic acids is 1. The number of amides is 1. The van der Waals surface area contributed by atoms with E-state index in [-0.39, 0.29) is 5.76 Å². The van der Waals surface area contributed by atoms with E-state index in [2.05, 4.69) is 0 Å². The maximum absolute atomic E-state index is 12.9. The molecule has 134 valence electrons. The van der Waals surface area contributed by atoms with E-state index in [1.54, 1.807) is 49.6 Å². The van der Waals surface area contributed by atoms with E-state index >= 15 is 0 Å². The van der Waals surface area contributed by atoms with Crippen LogP contribution in [0.5, 0.6) is 11.5 Å². The zero-order valence-electron chi connectivity index (χ0n) is 14.7. The third kappa shape index (κ3) is 3.26. The highest BCUT2D eigenvalue weighted by Gasteiger charge is 2.36. The molecule has 3 rings (SSSR count). The lowest BCUT2D eigenvalue weighted by Gasteiger charge is -2.33. The summed E-state index contributed by atoms with van der Waals surface area (Å²) in [6.07, 6.45) is 1.59. The van der Waals surface area contributed by atoms with E-state index in [9.17, 15) is 14.7 Å². The number of ether oxygens (including phenoxy) is 2. The van der Waals surface area contributed by atoms with Crippen molar-refractivity contribution < 1.29 is 24.2 Å². The number of anilines is 1. The van der Waals surface area contributed by atoms with E-state index in [1.807, 2.05) is 13.0 Å². The first-order valence-corrected chi connectivity index (χ1v) is 8.11. The largest absolute Gasteiger partial charge is 0.497 e. The SMILES string of the molecule is COc1ccc(/C=C2/Oc3ccc(C)cc3N(C(C)C(=O)O)C2=O)cc1. The van der Waals surface area contributed by atoms with Crippen LogP contribution in [0.2, 0.25) is 0 Å². The Hall–Kier alpha value is -3.28. The Morgan fingerprint density at radius 3 is 2.54 bits per heavy atom. The summed E-state index contributed by atoms with van der Waals surface area (Å²) in [4.78, 5) is 25.7. The molecule has 2 aromatic carbocycles. The summed E-state index contributed by atoms with van der Waals surface area (Å²) in [5.74, 6) is -0.363. The standard InChI is InChI=1S/C20H19NO5/c1-12-4-9-17-16(10-12)21(13(2)20(23)24)19(22)18(26-17)11-14-5-7-15(25-3)8-6-14/h4-11,13H,1-3H3,(H,23,24)/b18-11+. The molecule has 1 unspecified atom stereocenters. The molecule has 6 nitrogen and oxygen atoms in total. The normalized spacial score (nSPS) is 16.0. The smallest absolute Gasteiger partial charge is 0.326 e. The van der Waals surface area contributed by atoms with Gasteiger partial charge >= 0.3 is 5.97 Å². The van der Waals surface area contributed by atoms with Gasteiger partial charge in [-0.25, -0.2) is 4.79 Å². The summed E-state index contributed by atoms with van der Waals surface area (Å²) in [6, 6.07) is 11.4. The molecule has 0 spiro atoms. The van der Waals surface area contributed by atoms with Crippen molar-refractivity contribution in [3.63, 3.8) is 0 Å². The highest BCUT2D eigenvalue weighted by atomic mass is 16.5. The van der Waals surface area contributed by atoms with Gasteiger partial charge < -0.3 is 14.6 Å². The van der Waals surface area contributed by atoms with Gasteiger partial charge in [0.1, 0.15) is 11.8 Å². The minimum absolute atomic E-state index is 0.0691. The van der Waals surface area contributed by atoms with E-state index in [0.29, 0.717) is 17.2 Å². The third-order valence-electron chi connectivity index (χ3n) is 4.18. The van der Waals surface area contributed by atoms with Gasteiger partial charge in [-0.2, -0.15) is 0 Å². The molecule has 1 atom stereocenters. The fourth-order valence-corrected chi connectivity index (χ4v) is 2.73. The van der Waals surface area contributed by atoms with Crippen molar-refractivity contribution in [3.05, 3.63) is 59.4 Å². The number of carboxylic acid groups (broad SMARTS) is 1. The van der Waals surface area contributed by atoms with Crippen LogP contribution in [0.1, 0.15) is 18.1 Å². The number of hydrogen-bond acceptors (Lipinski definition) is 4. The number of fused-ring (bicyclic) bond motifs is 1. The molecule has 1 amide bonds. The molecule has 1 heterocycles. The molecule has 1 aliphatic heterocycles. The first kappa shape index (κ1) is 17.5. The van der Waals surface area contributed by atoms with Crippen molar-refractivity contribution in [3.8, 4) is 11.5 Å². The summed E-state index contributed by atoms with van der Waals surface area (Å²) in [7, 11) is 1.57. The topological polar surface area (TPSA) is 76.1 Å². The van der Waals surface area contributed by atoms with Crippen molar-refractivity contribution in [1.29, 1.82) is 0 Å². The fraction of sp³-hybridized carbons (Fsp3) is 0.200. The molecule has 0 radical (unpaired) electrons. The maximum Gasteiger partial charge on any atom is 0.326 e. The van der Waals surface area contributed by atoms with Crippen LogP contribution in [0.4, 0.5) is 5.69 Å². The molecule has 0 aromatic heterocycles. The number of aryl methyl sites for hydroxylation is 1. The predicted octanol–water partition coefficient (Wildman–Crippen LogP) is 3.24. The molecule has 0 saturated heterocycles. The Morgan fingerprint density at radius 2 is 1.92 bits per heavy atom. The molecule has 6 heteroatoms. The number of carbonyl (C=O) groups is 2. The molecule has 0 bridgehead atoms. The van der Waals surface area contributed by atoms with E-state index in [1.165, 1.54) is 11.8 Å². The molecule has 1 N–H and O–H groups in total. The Bertz CT molecular complexity index is 886. The maximum atomic E-state index is 12.9. The first-order valence-electron chi connectivity index (χ1n) is 8.11. The third-order valence-corrected chi connectivity index (χ3v) is 4.18. The highest BCUT2D eigenvalue weighted by molar-refractivity contribution is 6.12. The van der Waals surface area contributed by atoms with Crippen LogP contribution in [0.3, 0.4) is 0 Å². The lowest BCUT2D eigenvalue weighted by molar-refractivity contribution is -0.139. The van der Waals surface area contributed by atoms with Crippen LogP contribution in [-0.4, -0.2) is 30.1 Å². The number of benzene rings is 2. The number of rotatable bonds is 4. The van der Waals surface area contributed by atoms with Gasteiger partial charge in [0, 0.05) is 0 Å². The van der Waals surface area contributed by atoms with Gasteiger partial charge in [0.25, 0.3) is 5.91 Å². The Morgan fingerprint density at radius 1 is 1.23 bits per heavy atom. The summed E-state index contributed by atoms with van der Waals surface area (Å²) in [5, 5.41) is 9.41. The van der Waals surface area contributed by atoms with Crippen LogP contribution >= 0.6 is 0 Å². The zero-order chi connectivity index (χ0) is 18.8. The molecule has 0 saturated carbocycles. The molecule has 0 aliphatic carbocycles.